The van der Waals surface area contributed by atoms with Crippen LogP contribution in [0.15, 0.2) is 48.5 Å². The minimum Gasteiger partial charge on any atom is -0.480 e. The average molecular weight is 467 g/mol. The molecule has 1 aliphatic rings. The van der Waals surface area contributed by atoms with Gasteiger partial charge in [-0.25, -0.2) is 9.59 Å². The number of rotatable bonds is 11. The Bertz CT molecular complexity index is 976. The first-order valence-corrected chi connectivity index (χ1v) is 12.0. The van der Waals surface area contributed by atoms with Crippen molar-refractivity contribution < 1.29 is 24.2 Å². The van der Waals surface area contributed by atoms with E-state index in [1.807, 2.05) is 57.2 Å². The molecular formula is C27H34N2O5. The van der Waals surface area contributed by atoms with Crippen molar-refractivity contribution in [2.75, 3.05) is 6.61 Å². The van der Waals surface area contributed by atoms with Gasteiger partial charge in [-0.05, 0) is 41.0 Å². The summed E-state index contributed by atoms with van der Waals surface area (Å²) in [6.07, 6.45) is 1.48. The van der Waals surface area contributed by atoms with E-state index >= 15 is 0 Å². The van der Waals surface area contributed by atoms with Crippen LogP contribution in [0.5, 0.6) is 0 Å². The fraction of sp³-hybridized carbons (Fsp3) is 0.444. The summed E-state index contributed by atoms with van der Waals surface area (Å²) in [7, 11) is 0. The number of ether oxygens (including phenoxy) is 1. The summed E-state index contributed by atoms with van der Waals surface area (Å²) in [6, 6.07) is 14.3. The molecule has 182 valence electrons. The topological polar surface area (TPSA) is 105 Å². The normalized spacial score (nSPS) is 14.9. The second-order valence-electron chi connectivity index (χ2n) is 8.96. The highest BCUT2D eigenvalue weighted by atomic mass is 16.5. The number of carboxylic acids is 1. The third kappa shape index (κ3) is 5.95. The fourth-order valence-corrected chi connectivity index (χ4v) is 4.40. The van der Waals surface area contributed by atoms with Gasteiger partial charge in [0.05, 0.1) is 0 Å². The Kier molecular flexibility index (Phi) is 8.68. The lowest BCUT2D eigenvalue weighted by molar-refractivity contribution is -0.142. The SMILES string of the molecule is CCC[C@@H](NC(=O)OCC1c2ccccc2-c2ccccc21)C(=O)NC(CC(C)CC)C(=O)O. The molecule has 3 rings (SSSR count). The Balaban J connectivity index is 1.63. The van der Waals surface area contributed by atoms with Crippen molar-refractivity contribution in [1.29, 1.82) is 0 Å². The number of amides is 2. The van der Waals surface area contributed by atoms with Crippen LogP contribution in [0, 0.1) is 5.92 Å². The molecule has 0 aromatic heterocycles. The summed E-state index contributed by atoms with van der Waals surface area (Å²) < 4.78 is 5.55. The first-order chi connectivity index (χ1) is 16.3. The number of carbonyl (C=O) groups excluding carboxylic acids is 2. The molecule has 0 bridgehead atoms. The first-order valence-electron chi connectivity index (χ1n) is 12.0. The predicted molar refractivity (Wildman–Crippen MR) is 131 cm³/mol. The Morgan fingerprint density at radius 3 is 2.06 bits per heavy atom. The molecular weight excluding hydrogens is 432 g/mol. The van der Waals surface area contributed by atoms with Gasteiger partial charge in [-0.15, -0.1) is 0 Å². The smallest absolute Gasteiger partial charge is 0.407 e. The lowest BCUT2D eigenvalue weighted by Gasteiger charge is -2.23. The number of hydrogen-bond acceptors (Lipinski definition) is 4. The molecule has 7 heteroatoms. The number of aliphatic carboxylic acids is 1. The maximum atomic E-state index is 12.8. The molecule has 3 N–H and O–H groups in total. The molecule has 2 amide bonds. The Hall–Kier alpha value is -3.35. The number of alkyl carbamates (subject to hydrolysis) is 1. The number of carbonyl (C=O) groups is 3. The molecule has 0 heterocycles. The average Bonchev–Trinajstić information content (AvgIpc) is 3.15. The van der Waals surface area contributed by atoms with Crippen molar-refractivity contribution in [3.63, 3.8) is 0 Å². The van der Waals surface area contributed by atoms with E-state index in [2.05, 4.69) is 22.8 Å². The molecule has 2 unspecified atom stereocenters. The van der Waals surface area contributed by atoms with E-state index in [1.165, 1.54) is 0 Å². The molecule has 0 fully saturated rings. The minimum atomic E-state index is -1.08. The van der Waals surface area contributed by atoms with E-state index in [4.69, 9.17) is 4.74 Å². The highest BCUT2D eigenvalue weighted by molar-refractivity contribution is 5.89. The minimum absolute atomic E-state index is 0.0801. The van der Waals surface area contributed by atoms with Crippen LogP contribution in [0.25, 0.3) is 11.1 Å². The van der Waals surface area contributed by atoms with Gasteiger partial charge in [-0.3, -0.25) is 4.79 Å². The standard InChI is InChI=1S/C27H34N2O5/c1-4-10-23(25(30)28-24(26(31)32)15-17(3)5-2)29-27(33)34-16-22-20-13-8-6-11-18(20)19-12-7-9-14-21(19)22/h6-9,11-14,17,22-24H,4-5,10,15-16H2,1-3H3,(H,28,30)(H,29,33)(H,31,32)/t17?,23-,24?/m1/s1. The van der Waals surface area contributed by atoms with Gasteiger partial charge in [0.2, 0.25) is 5.91 Å². The molecule has 0 aliphatic heterocycles. The molecule has 0 spiro atoms. The Morgan fingerprint density at radius 1 is 0.941 bits per heavy atom. The molecule has 0 radical (unpaired) electrons. The van der Waals surface area contributed by atoms with Crippen LogP contribution in [-0.2, 0) is 14.3 Å². The highest BCUT2D eigenvalue weighted by Gasteiger charge is 2.30. The van der Waals surface area contributed by atoms with Gasteiger partial charge in [0.25, 0.3) is 0 Å². The monoisotopic (exact) mass is 466 g/mol. The summed E-state index contributed by atoms with van der Waals surface area (Å²) in [5.41, 5.74) is 4.48. The van der Waals surface area contributed by atoms with E-state index in [0.717, 1.165) is 28.7 Å². The Labute approximate surface area is 200 Å². The molecule has 2 aromatic rings. The molecule has 1 aliphatic carbocycles. The molecule has 2 aromatic carbocycles. The molecule has 7 nitrogen and oxygen atoms in total. The van der Waals surface area contributed by atoms with Gasteiger partial charge in [0.1, 0.15) is 18.7 Å². The first kappa shape index (κ1) is 25.3. The van der Waals surface area contributed by atoms with Crippen molar-refractivity contribution >= 4 is 18.0 Å². The number of carboxylic acid groups (broad SMARTS) is 1. The second-order valence-corrected chi connectivity index (χ2v) is 8.96. The van der Waals surface area contributed by atoms with Crippen LogP contribution >= 0.6 is 0 Å². The van der Waals surface area contributed by atoms with E-state index in [-0.39, 0.29) is 18.4 Å². The summed E-state index contributed by atoms with van der Waals surface area (Å²) in [6.45, 7) is 5.96. The van der Waals surface area contributed by atoms with Crippen LogP contribution in [0.3, 0.4) is 0 Å². The zero-order valence-corrected chi connectivity index (χ0v) is 20.0. The van der Waals surface area contributed by atoms with Crippen LogP contribution in [0.4, 0.5) is 4.79 Å². The van der Waals surface area contributed by atoms with Crippen molar-refractivity contribution in [2.45, 2.75) is 64.5 Å². The van der Waals surface area contributed by atoms with Crippen molar-refractivity contribution in [2.24, 2.45) is 5.92 Å². The molecule has 0 saturated carbocycles. The molecule has 0 saturated heterocycles. The fourth-order valence-electron chi connectivity index (χ4n) is 4.40. The summed E-state index contributed by atoms with van der Waals surface area (Å²) in [5, 5.41) is 14.7. The van der Waals surface area contributed by atoms with Crippen molar-refractivity contribution in [1.82, 2.24) is 10.6 Å². The largest absolute Gasteiger partial charge is 0.480 e. The van der Waals surface area contributed by atoms with Gasteiger partial charge in [0, 0.05) is 5.92 Å². The van der Waals surface area contributed by atoms with E-state index in [0.29, 0.717) is 19.3 Å². The summed E-state index contributed by atoms with van der Waals surface area (Å²) in [4.78, 5) is 37.0. The maximum Gasteiger partial charge on any atom is 0.407 e. The van der Waals surface area contributed by atoms with Gasteiger partial charge >= 0.3 is 12.1 Å². The van der Waals surface area contributed by atoms with E-state index < -0.39 is 30.1 Å². The zero-order valence-electron chi connectivity index (χ0n) is 20.0. The summed E-state index contributed by atoms with van der Waals surface area (Å²) >= 11 is 0. The third-order valence-corrected chi connectivity index (χ3v) is 6.48. The number of nitrogens with one attached hydrogen (secondary N) is 2. The number of benzene rings is 2. The van der Waals surface area contributed by atoms with Gasteiger partial charge in [-0.1, -0.05) is 82.1 Å². The Morgan fingerprint density at radius 2 is 1.53 bits per heavy atom. The van der Waals surface area contributed by atoms with Gasteiger partial charge in [0.15, 0.2) is 0 Å². The lowest BCUT2D eigenvalue weighted by Crippen LogP contribution is -2.52. The van der Waals surface area contributed by atoms with Crippen LogP contribution in [0.2, 0.25) is 0 Å². The van der Waals surface area contributed by atoms with Gasteiger partial charge in [-0.2, -0.15) is 0 Å². The van der Waals surface area contributed by atoms with Crippen molar-refractivity contribution in [3.05, 3.63) is 59.7 Å². The quantitative estimate of drug-likeness (QED) is 0.445. The second kappa shape index (κ2) is 11.7. The number of hydrogen-bond donors (Lipinski definition) is 3. The third-order valence-electron chi connectivity index (χ3n) is 6.48. The van der Waals surface area contributed by atoms with Gasteiger partial charge < -0.3 is 20.5 Å². The lowest BCUT2D eigenvalue weighted by atomic mass is 9.98. The van der Waals surface area contributed by atoms with Crippen LogP contribution < -0.4 is 10.6 Å². The zero-order chi connectivity index (χ0) is 24.7. The van der Waals surface area contributed by atoms with Crippen molar-refractivity contribution in [3.8, 4) is 11.1 Å². The summed E-state index contributed by atoms with van der Waals surface area (Å²) in [5.74, 6) is -1.51. The molecule has 34 heavy (non-hydrogen) atoms. The van der Waals surface area contributed by atoms with Crippen LogP contribution in [-0.4, -0.2) is 41.8 Å². The molecule has 3 atom stereocenters. The van der Waals surface area contributed by atoms with Crippen LogP contribution in [0.1, 0.15) is 63.5 Å². The maximum absolute atomic E-state index is 12.8. The number of fused-ring (bicyclic) bond motifs is 3. The van der Waals surface area contributed by atoms with E-state index in [1.54, 1.807) is 0 Å². The highest BCUT2D eigenvalue weighted by Crippen LogP contribution is 2.44. The van der Waals surface area contributed by atoms with E-state index in [9.17, 15) is 19.5 Å². The predicted octanol–water partition coefficient (Wildman–Crippen LogP) is 4.70.